The van der Waals surface area contributed by atoms with E-state index in [1.54, 1.807) is 12.3 Å². The van der Waals surface area contributed by atoms with Crippen LogP contribution in [-0.2, 0) is 18.3 Å². The van der Waals surface area contributed by atoms with Crippen LogP contribution in [0.1, 0.15) is 50.5 Å². The van der Waals surface area contributed by atoms with E-state index < -0.39 is 12.0 Å². The Morgan fingerprint density at radius 3 is 2.74 bits per heavy atom. The van der Waals surface area contributed by atoms with Crippen LogP contribution in [-0.4, -0.2) is 71.3 Å². The maximum Gasteiger partial charge on any atom is 0.451 e. The highest BCUT2D eigenvalue weighted by atomic mass is 19.4. The number of H-pyrrole nitrogens is 1. The predicted molar refractivity (Wildman–Crippen MR) is 149 cm³/mol. The van der Waals surface area contributed by atoms with E-state index in [-0.39, 0.29) is 23.9 Å². The molecule has 1 saturated heterocycles. The molecule has 1 aliphatic carbocycles. The first-order chi connectivity index (χ1) is 20.3. The van der Waals surface area contributed by atoms with E-state index in [1.165, 1.54) is 6.33 Å². The molecule has 3 N–H and O–H groups in total. The number of nitriles is 1. The number of likely N-dealkylation sites (tertiary alicyclic amines) is 1. The average molecular weight is 580 g/mol. The molecule has 0 atom stereocenters. The van der Waals surface area contributed by atoms with Gasteiger partial charge in [0.05, 0.1) is 35.6 Å². The van der Waals surface area contributed by atoms with Crippen LogP contribution >= 0.6 is 0 Å². The largest absolute Gasteiger partial charge is 0.451 e. The van der Waals surface area contributed by atoms with Gasteiger partial charge in [0.1, 0.15) is 17.8 Å². The van der Waals surface area contributed by atoms with Gasteiger partial charge in [-0.05, 0) is 38.3 Å². The number of aromatic amines is 1. The van der Waals surface area contributed by atoms with E-state index in [2.05, 4.69) is 51.6 Å². The van der Waals surface area contributed by atoms with E-state index in [1.807, 2.05) is 30.1 Å². The number of hydrogen-bond acceptors (Lipinski definition) is 9. The Balaban J connectivity index is 1.09. The monoisotopic (exact) mass is 579 g/mol. The minimum Gasteiger partial charge on any atom is -0.367 e. The van der Waals surface area contributed by atoms with Crippen LogP contribution in [0.2, 0.25) is 0 Å². The first-order valence-corrected chi connectivity index (χ1v) is 14.1. The quantitative estimate of drug-likeness (QED) is 0.268. The summed E-state index contributed by atoms with van der Waals surface area (Å²) in [6.45, 7) is 4.38. The molecule has 0 unspecified atom stereocenters. The molecular weight excluding hydrogens is 547 g/mol. The normalized spacial score (nSPS) is 21.7. The molecule has 4 aromatic rings. The van der Waals surface area contributed by atoms with Crippen LogP contribution in [0.15, 0.2) is 37.1 Å². The van der Waals surface area contributed by atoms with Crippen molar-refractivity contribution in [1.29, 1.82) is 5.26 Å². The third-order valence-electron chi connectivity index (χ3n) is 8.32. The summed E-state index contributed by atoms with van der Waals surface area (Å²) in [4.78, 5) is 21.7. The Morgan fingerprint density at radius 2 is 2.00 bits per heavy atom. The lowest BCUT2D eigenvalue weighted by Crippen LogP contribution is -2.58. The number of fused-ring (bicyclic) bond motifs is 1. The molecule has 220 valence electrons. The number of halogens is 3. The van der Waals surface area contributed by atoms with E-state index in [9.17, 15) is 18.4 Å². The standard InChI is InChI=1S/C28H32F3N11/c1-2-33-15-20-11-23(40-26(39-20)28(29,30)31)38-19-4-9-41(10-5-19)21-12-27(13-21,6-7-32)42-16-18(14-37-42)24-22-3-8-34-25(22)36-17-35-24/h3,8,11,14,16-17,19,21,33H,2,4-6,9-10,12-13,15H2,1H3,(H,34,35,36)(H,38,39,40)/t21-,27-. The van der Waals surface area contributed by atoms with Crippen LogP contribution in [0.4, 0.5) is 19.0 Å². The fraction of sp³-hybridized carbons (Fsp3) is 0.500. The van der Waals surface area contributed by atoms with Crippen molar-refractivity contribution in [3.63, 3.8) is 0 Å². The fourth-order valence-corrected chi connectivity index (χ4v) is 6.10. The van der Waals surface area contributed by atoms with Gasteiger partial charge in [0.25, 0.3) is 0 Å². The topological polar surface area (TPSA) is 136 Å². The van der Waals surface area contributed by atoms with E-state index >= 15 is 0 Å². The molecule has 1 saturated carbocycles. The van der Waals surface area contributed by atoms with Crippen molar-refractivity contribution in [2.45, 2.75) is 69.4 Å². The lowest BCUT2D eigenvalue weighted by atomic mass is 9.69. The second-order valence-electron chi connectivity index (χ2n) is 11.1. The van der Waals surface area contributed by atoms with Crippen LogP contribution in [0.3, 0.4) is 0 Å². The van der Waals surface area contributed by atoms with E-state index in [4.69, 9.17) is 0 Å². The summed E-state index contributed by atoms with van der Waals surface area (Å²) in [6.07, 6.45) is 6.03. The maximum atomic E-state index is 13.4. The maximum absolute atomic E-state index is 13.4. The van der Waals surface area contributed by atoms with Gasteiger partial charge in [0.15, 0.2) is 0 Å². The van der Waals surface area contributed by atoms with Gasteiger partial charge in [0, 0.05) is 61.1 Å². The molecule has 1 aliphatic heterocycles. The first-order valence-electron chi connectivity index (χ1n) is 14.1. The molecule has 4 aromatic heterocycles. The van der Waals surface area contributed by atoms with Crippen molar-refractivity contribution in [2.24, 2.45) is 0 Å². The molecule has 0 spiro atoms. The average Bonchev–Trinajstić information content (AvgIpc) is 3.64. The number of aromatic nitrogens is 7. The van der Waals surface area contributed by atoms with Crippen LogP contribution in [0.25, 0.3) is 22.3 Å². The SMILES string of the molecule is CCNCc1cc(NC2CCN([C@H]3C[C@](CC#N)(n4cc(-c5ncnc6[nH]ccc56)cn4)C3)CC2)nc(C(F)(F)F)n1. The van der Waals surface area contributed by atoms with Gasteiger partial charge in [-0.25, -0.2) is 19.9 Å². The fourth-order valence-electron chi connectivity index (χ4n) is 6.10. The number of hydrogen-bond donors (Lipinski definition) is 3. The Kier molecular flexibility index (Phi) is 7.54. The molecule has 6 rings (SSSR count). The van der Waals surface area contributed by atoms with Gasteiger partial charge in [0.2, 0.25) is 5.82 Å². The molecule has 0 radical (unpaired) electrons. The Hall–Kier alpha value is -4.09. The van der Waals surface area contributed by atoms with Crippen molar-refractivity contribution in [1.82, 2.24) is 44.9 Å². The summed E-state index contributed by atoms with van der Waals surface area (Å²) >= 11 is 0. The molecule has 2 aliphatic rings. The lowest BCUT2D eigenvalue weighted by Gasteiger charge is -2.52. The summed E-state index contributed by atoms with van der Waals surface area (Å²) in [5, 5.41) is 21.5. The highest BCUT2D eigenvalue weighted by Gasteiger charge is 2.49. The van der Waals surface area contributed by atoms with Crippen molar-refractivity contribution in [3.8, 4) is 17.3 Å². The minimum atomic E-state index is -4.61. The molecule has 0 bridgehead atoms. The minimum absolute atomic E-state index is 0.0139. The zero-order valence-corrected chi connectivity index (χ0v) is 23.2. The number of nitrogens with zero attached hydrogens (tertiary/aromatic N) is 8. The summed E-state index contributed by atoms with van der Waals surface area (Å²) < 4.78 is 42.1. The third kappa shape index (κ3) is 5.54. The summed E-state index contributed by atoms with van der Waals surface area (Å²) in [5.74, 6) is -0.921. The second kappa shape index (κ2) is 11.3. The van der Waals surface area contributed by atoms with Crippen LogP contribution in [0.5, 0.6) is 0 Å². The zero-order chi connectivity index (χ0) is 29.3. The molecule has 11 nitrogen and oxygen atoms in total. The van der Waals surface area contributed by atoms with Gasteiger partial charge >= 0.3 is 6.18 Å². The van der Waals surface area contributed by atoms with Crippen molar-refractivity contribution < 1.29 is 13.2 Å². The van der Waals surface area contributed by atoms with E-state index in [0.717, 1.165) is 61.1 Å². The molecule has 42 heavy (non-hydrogen) atoms. The van der Waals surface area contributed by atoms with Gasteiger partial charge in [-0.1, -0.05) is 6.92 Å². The smallest absolute Gasteiger partial charge is 0.367 e. The van der Waals surface area contributed by atoms with Gasteiger partial charge in [-0.15, -0.1) is 0 Å². The highest BCUT2D eigenvalue weighted by molar-refractivity contribution is 5.90. The molecular formula is C28H32F3N11. The zero-order valence-electron chi connectivity index (χ0n) is 23.2. The number of rotatable bonds is 9. The number of piperidine rings is 1. The number of nitrogens with one attached hydrogen (secondary N) is 3. The number of alkyl halides is 3. The van der Waals surface area contributed by atoms with Crippen LogP contribution in [0, 0.1) is 11.3 Å². The summed E-state index contributed by atoms with van der Waals surface area (Å²) in [6, 6.07) is 6.21. The molecule has 5 heterocycles. The van der Waals surface area contributed by atoms with Gasteiger partial charge < -0.3 is 20.5 Å². The molecule has 14 heteroatoms. The molecule has 0 amide bonds. The Morgan fingerprint density at radius 1 is 1.19 bits per heavy atom. The van der Waals surface area contributed by atoms with Crippen LogP contribution < -0.4 is 10.6 Å². The first kappa shape index (κ1) is 28.0. The molecule has 2 fully saturated rings. The lowest BCUT2D eigenvalue weighted by molar-refractivity contribution is -0.145. The Bertz CT molecular complexity index is 1570. The van der Waals surface area contributed by atoms with Crippen molar-refractivity contribution >= 4 is 16.9 Å². The van der Waals surface area contributed by atoms with Gasteiger partial charge in [-0.2, -0.15) is 23.5 Å². The highest BCUT2D eigenvalue weighted by Crippen LogP contribution is 2.45. The second-order valence-corrected chi connectivity index (χ2v) is 11.1. The van der Waals surface area contributed by atoms with Gasteiger partial charge in [-0.3, -0.25) is 4.68 Å². The summed E-state index contributed by atoms with van der Waals surface area (Å²) in [7, 11) is 0. The van der Waals surface area contributed by atoms with Crippen molar-refractivity contribution in [2.75, 3.05) is 25.0 Å². The third-order valence-corrected chi connectivity index (χ3v) is 8.32. The van der Waals surface area contributed by atoms with E-state index in [0.29, 0.717) is 24.7 Å². The predicted octanol–water partition coefficient (Wildman–Crippen LogP) is 4.09. The Labute approximate surface area is 240 Å². The van der Waals surface area contributed by atoms with Crippen molar-refractivity contribution in [3.05, 3.63) is 48.6 Å². The number of anilines is 1. The summed E-state index contributed by atoms with van der Waals surface area (Å²) in [5.41, 5.74) is 2.36. The molecule has 0 aromatic carbocycles.